The van der Waals surface area contributed by atoms with Crippen LogP contribution in [-0.2, 0) is 4.74 Å². The van der Waals surface area contributed by atoms with Crippen molar-refractivity contribution in [2.24, 2.45) is 0 Å². The van der Waals surface area contributed by atoms with E-state index in [1.54, 1.807) is 6.07 Å². The van der Waals surface area contributed by atoms with Gasteiger partial charge in [0.15, 0.2) is 6.61 Å². The Labute approximate surface area is 101 Å². The first-order chi connectivity index (χ1) is 8.47. The number of hydrogen-bond acceptors (Lipinski definition) is 5. The molecule has 0 saturated carbocycles. The highest BCUT2D eigenvalue weighted by atomic mass is 19.4. The van der Waals surface area contributed by atoms with E-state index < -0.39 is 18.9 Å². The molecule has 0 bridgehead atoms. The Bertz CT molecular complexity index is 372. The number of carbonyl (C=O) groups is 1. The summed E-state index contributed by atoms with van der Waals surface area (Å²) < 4.78 is 39.0. The summed E-state index contributed by atoms with van der Waals surface area (Å²) in [5, 5.41) is 4.90. The van der Waals surface area contributed by atoms with E-state index in [0.29, 0.717) is 5.95 Å². The maximum absolute atomic E-state index is 11.7. The first-order valence-electron chi connectivity index (χ1n) is 4.95. The molecule has 0 aliphatic heterocycles. The quantitative estimate of drug-likeness (QED) is 0.781. The monoisotopic (exact) mass is 264 g/mol. The molecule has 1 rings (SSSR count). The number of anilines is 1. The first-order valence-corrected chi connectivity index (χ1v) is 4.95. The molecule has 0 aliphatic rings. The van der Waals surface area contributed by atoms with Crippen molar-refractivity contribution in [3.63, 3.8) is 0 Å². The molecule has 0 fully saturated rings. The van der Waals surface area contributed by atoms with Crippen LogP contribution >= 0.6 is 0 Å². The summed E-state index contributed by atoms with van der Waals surface area (Å²) in [4.78, 5) is 18.5. The van der Waals surface area contributed by atoms with Gasteiger partial charge in [0.1, 0.15) is 0 Å². The molecule has 18 heavy (non-hydrogen) atoms. The van der Waals surface area contributed by atoms with Crippen LogP contribution in [0.3, 0.4) is 0 Å². The number of halogens is 3. The van der Waals surface area contributed by atoms with Crippen molar-refractivity contribution in [1.29, 1.82) is 0 Å². The van der Waals surface area contributed by atoms with E-state index in [2.05, 4.69) is 25.3 Å². The Morgan fingerprint density at radius 1 is 1.28 bits per heavy atom. The van der Waals surface area contributed by atoms with Gasteiger partial charge in [-0.25, -0.2) is 14.8 Å². The van der Waals surface area contributed by atoms with Crippen LogP contribution in [0.5, 0.6) is 0 Å². The smallest absolute Gasteiger partial charge is 0.422 e. The van der Waals surface area contributed by atoms with Crippen LogP contribution in [0.15, 0.2) is 18.5 Å². The van der Waals surface area contributed by atoms with E-state index in [4.69, 9.17) is 0 Å². The average molecular weight is 264 g/mol. The normalized spacial score (nSPS) is 10.8. The molecule has 0 aromatic carbocycles. The van der Waals surface area contributed by atoms with E-state index in [9.17, 15) is 18.0 Å². The molecular formula is C9H11F3N4O2. The molecule has 0 radical (unpaired) electrons. The van der Waals surface area contributed by atoms with Crippen molar-refractivity contribution in [1.82, 2.24) is 15.3 Å². The van der Waals surface area contributed by atoms with Gasteiger partial charge in [-0.05, 0) is 6.07 Å². The van der Waals surface area contributed by atoms with Crippen LogP contribution in [0.4, 0.5) is 23.9 Å². The Hall–Kier alpha value is -2.06. The van der Waals surface area contributed by atoms with Gasteiger partial charge in [0.2, 0.25) is 5.95 Å². The van der Waals surface area contributed by atoms with Crippen LogP contribution in [0.2, 0.25) is 0 Å². The number of ether oxygens (including phenoxy) is 1. The number of nitrogens with one attached hydrogen (secondary N) is 2. The zero-order chi connectivity index (χ0) is 13.4. The molecule has 1 heterocycles. The second kappa shape index (κ2) is 6.62. The molecule has 1 amide bonds. The van der Waals surface area contributed by atoms with Crippen LogP contribution in [0.1, 0.15) is 0 Å². The van der Waals surface area contributed by atoms with E-state index in [-0.39, 0.29) is 13.1 Å². The maximum atomic E-state index is 11.7. The van der Waals surface area contributed by atoms with Crippen molar-refractivity contribution in [2.45, 2.75) is 6.18 Å². The summed E-state index contributed by atoms with van der Waals surface area (Å²) in [5.74, 6) is 0.364. The van der Waals surface area contributed by atoms with Crippen LogP contribution in [-0.4, -0.2) is 41.9 Å². The number of rotatable bonds is 5. The third-order valence-corrected chi connectivity index (χ3v) is 1.61. The van der Waals surface area contributed by atoms with Crippen LogP contribution < -0.4 is 10.6 Å². The molecular weight excluding hydrogens is 253 g/mol. The number of alkyl halides is 3. The number of hydrogen-bond donors (Lipinski definition) is 2. The number of amides is 1. The lowest BCUT2D eigenvalue weighted by Crippen LogP contribution is -2.32. The molecule has 0 unspecified atom stereocenters. The van der Waals surface area contributed by atoms with Crippen molar-refractivity contribution >= 4 is 12.0 Å². The highest BCUT2D eigenvalue weighted by molar-refractivity contribution is 5.67. The average Bonchev–Trinajstić information content (AvgIpc) is 2.33. The van der Waals surface area contributed by atoms with Gasteiger partial charge in [-0.15, -0.1) is 0 Å². The lowest BCUT2D eigenvalue weighted by Gasteiger charge is -2.09. The minimum atomic E-state index is -4.52. The summed E-state index contributed by atoms with van der Waals surface area (Å²) in [5.41, 5.74) is 0. The van der Waals surface area contributed by atoms with E-state index >= 15 is 0 Å². The minimum absolute atomic E-state index is 0.0922. The predicted molar refractivity (Wildman–Crippen MR) is 55.9 cm³/mol. The summed E-state index contributed by atoms with van der Waals surface area (Å²) in [6.45, 7) is -1.24. The van der Waals surface area contributed by atoms with Crippen molar-refractivity contribution < 1.29 is 22.7 Å². The first kappa shape index (κ1) is 14.0. The van der Waals surface area contributed by atoms with E-state index in [1.807, 2.05) is 0 Å². The van der Waals surface area contributed by atoms with Gasteiger partial charge in [0.05, 0.1) is 0 Å². The lowest BCUT2D eigenvalue weighted by molar-refractivity contribution is -0.160. The molecule has 100 valence electrons. The largest absolute Gasteiger partial charge is 0.440 e. The zero-order valence-electron chi connectivity index (χ0n) is 9.20. The Balaban J connectivity index is 2.09. The molecule has 1 aromatic rings. The molecule has 0 atom stereocenters. The van der Waals surface area contributed by atoms with Gasteiger partial charge in [0.25, 0.3) is 0 Å². The highest BCUT2D eigenvalue weighted by Gasteiger charge is 2.29. The molecule has 1 aromatic heterocycles. The Morgan fingerprint density at radius 3 is 2.56 bits per heavy atom. The fourth-order valence-electron chi connectivity index (χ4n) is 0.928. The van der Waals surface area contributed by atoms with Gasteiger partial charge >= 0.3 is 12.3 Å². The number of alkyl carbamates (subject to hydrolysis) is 1. The molecule has 0 saturated heterocycles. The summed E-state index contributed by atoms with van der Waals surface area (Å²) in [6, 6.07) is 1.64. The maximum Gasteiger partial charge on any atom is 0.422 e. The molecule has 9 heteroatoms. The van der Waals surface area contributed by atoms with Crippen LogP contribution in [0.25, 0.3) is 0 Å². The number of aromatic nitrogens is 2. The fraction of sp³-hybridized carbons (Fsp3) is 0.444. The summed E-state index contributed by atoms with van der Waals surface area (Å²) >= 11 is 0. The zero-order valence-corrected chi connectivity index (χ0v) is 9.20. The van der Waals surface area contributed by atoms with Gasteiger partial charge in [-0.2, -0.15) is 13.2 Å². The Kier molecular flexibility index (Phi) is 5.15. The summed E-state index contributed by atoms with van der Waals surface area (Å²) in [7, 11) is 0. The molecule has 2 N–H and O–H groups in total. The van der Waals surface area contributed by atoms with Crippen molar-refractivity contribution in [2.75, 3.05) is 25.0 Å². The minimum Gasteiger partial charge on any atom is -0.440 e. The number of carbonyl (C=O) groups excluding carboxylic acids is 1. The highest BCUT2D eigenvalue weighted by Crippen LogP contribution is 2.14. The second-order valence-corrected chi connectivity index (χ2v) is 3.12. The van der Waals surface area contributed by atoms with Crippen LogP contribution in [0, 0.1) is 0 Å². The van der Waals surface area contributed by atoms with Gasteiger partial charge < -0.3 is 15.4 Å². The van der Waals surface area contributed by atoms with Crippen molar-refractivity contribution in [3.8, 4) is 0 Å². The fourth-order valence-corrected chi connectivity index (χ4v) is 0.928. The lowest BCUT2D eigenvalue weighted by atomic mass is 10.6. The van der Waals surface area contributed by atoms with Gasteiger partial charge in [-0.1, -0.05) is 0 Å². The van der Waals surface area contributed by atoms with E-state index in [1.165, 1.54) is 12.4 Å². The number of nitrogens with zero attached hydrogens (tertiary/aromatic N) is 2. The van der Waals surface area contributed by atoms with Gasteiger partial charge in [-0.3, -0.25) is 0 Å². The summed E-state index contributed by atoms with van der Waals surface area (Å²) in [6.07, 6.45) is -2.59. The SMILES string of the molecule is O=C(NCCNc1ncccn1)OCC(F)(F)F. The predicted octanol–water partition coefficient (Wildman–Crippen LogP) is 1.18. The molecule has 0 spiro atoms. The molecule has 0 aliphatic carbocycles. The topological polar surface area (TPSA) is 76.1 Å². The third-order valence-electron chi connectivity index (χ3n) is 1.61. The van der Waals surface area contributed by atoms with Crippen molar-refractivity contribution in [3.05, 3.63) is 18.5 Å². The van der Waals surface area contributed by atoms with E-state index in [0.717, 1.165) is 0 Å². The molecule has 6 nitrogen and oxygen atoms in total. The Morgan fingerprint density at radius 2 is 1.94 bits per heavy atom. The second-order valence-electron chi connectivity index (χ2n) is 3.12. The standard InChI is InChI=1S/C9H11F3N4O2/c10-9(11,12)6-18-8(17)16-5-4-15-7-13-2-1-3-14-7/h1-3H,4-6H2,(H,16,17)(H,13,14,15). The third kappa shape index (κ3) is 6.51. The van der Waals surface area contributed by atoms with Gasteiger partial charge in [0, 0.05) is 25.5 Å².